The Balaban J connectivity index is 2.06. The van der Waals surface area contributed by atoms with E-state index in [1.165, 1.54) is 19.4 Å². The van der Waals surface area contributed by atoms with Gasteiger partial charge in [-0.15, -0.1) is 0 Å². The largest absolute Gasteiger partial charge is 0.411 e. The van der Waals surface area contributed by atoms with Gasteiger partial charge in [0.25, 0.3) is 0 Å². The Morgan fingerprint density at radius 1 is 1.50 bits per heavy atom. The van der Waals surface area contributed by atoms with E-state index in [0.29, 0.717) is 6.04 Å². The Labute approximate surface area is 73.1 Å². The van der Waals surface area contributed by atoms with Crippen molar-refractivity contribution in [2.24, 2.45) is 11.1 Å². The van der Waals surface area contributed by atoms with Crippen molar-refractivity contribution < 1.29 is 5.21 Å². The van der Waals surface area contributed by atoms with E-state index in [1.807, 2.05) is 0 Å². The Morgan fingerprint density at radius 2 is 2.33 bits per heavy atom. The second-order valence-electron chi connectivity index (χ2n) is 4.01. The summed E-state index contributed by atoms with van der Waals surface area (Å²) in [6.45, 7) is 1.22. The summed E-state index contributed by atoms with van der Waals surface area (Å²) >= 11 is 0. The Kier molecular flexibility index (Phi) is 2.05. The third-order valence-electron chi connectivity index (χ3n) is 3.35. The lowest BCUT2D eigenvalue weighted by Gasteiger charge is -2.29. The van der Waals surface area contributed by atoms with Gasteiger partial charge in [-0.05, 0) is 38.8 Å². The molecule has 2 rings (SSSR count). The molecule has 0 spiro atoms. The average molecular weight is 168 g/mol. The second kappa shape index (κ2) is 3.05. The van der Waals surface area contributed by atoms with Crippen molar-refractivity contribution in [3.05, 3.63) is 0 Å². The first-order chi connectivity index (χ1) is 5.81. The number of oxime groups is 1. The van der Waals surface area contributed by atoms with Gasteiger partial charge >= 0.3 is 0 Å². The zero-order chi connectivity index (χ0) is 8.55. The molecule has 1 aliphatic carbocycles. The van der Waals surface area contributed by atoms with Crippen molar-refractivity contribution >= 4 is 5.71 Å². The van der Waals surface area contributed by atoms with Gasteiger partial charge in [0.1, 0.15) is 0 Å². The molecular formula is C9H16N2O. The minimum Gasteiger partial charge on any atom is -0.411 e. The highest BCUT2D eigenvalue weighted by Gasteiger charge is 2.35. The van der Waals surface area contributed by atoms with Gasteiger partial charge in [-0.3, -0.25) is 0 Å². The van der Waals surface area contributed by atoms with Gasteiger partial charge in [-0.25, -0.2) is 0 Å². The first-order valence-electron chi connectivity index (χ1n) is 4.71. The highest BCUT2D eigenvalue weighted by molar-refractivity contribution is 5.85. The third-order valence-corrected chi connectivity index (χ3v) is 3.35. The molecule has 1 aliphatic heterocycles. The number of likely N-dealkylation sites (tertiary alicyclic amines) is 1. The zero-order valence-electron chi connectivity index (χ0n) is 7.53. The van der Waals surface area contributed by atoms with Gasteiger partial charge in [0, 0.05) is 12.5 Å². The van der Waals surface area contributed by atoms with Crippen LogP contribution >= 0.6 is 0 Å². The Bertz CT molecular complexity index is 203. The van der Waals surface area contributed by atoms with E-state index in [9.17, 15) is 0 Å². The first-order valence-corrected chi connectivity index (χ1v) is 4.71. The highest BCUT2D eigenvalue weighted by Crippen LogP contribution is 2.33. The molecule has 1 unspecified atom stereocenters. The molecule has 1 saturated carbocycles. The molecule has 1 N–H and O–H groups in total. The second-order valence-corrected chi connectivity index (χ2v) is 4.01. The smallest absolute Gasteiger partial charge is 0.0586 e. The fraction of sp³-hybridized carbons (Fsp3) is 0.889. The molecule has 0 aromatic heterocycles. The predicted molar refractivity (Wildman–Crippen MR) is 47.6 cm³/mol. The molecule has 2 fully saturated rings. The van der Waals surface area contributed by atoms with Crippen LogP contribution in [-0.4, -0.2) is 35.5 Å². The van der Waals surface area contributed by atoms with E-state index < -0.39 is 0 Å². The number of hydrogen-bond donors (Lipinski definition) is 1. The molecule has 0 radical (unpaired) electrons. The lowest BCUT2D eigenvalue weighted by Crippen LogP contribution is -2.35. The molecule has 12 heavy (non-hydrogen) atoms. The fourth-order valence-electron chi connectivity index (χ4n) is 2.53. The number of hydrogen-bond acceptors (Lipinski definition) is 3. The van der Waals surface area contributed by atoms with Crippen molar-refractivity contribution in [2.75, 3.05) is 13.6 Å². The van der Waals surface area contributed by atoms with Crippen LogP contribution in [0.2, 0.25) is 0 Å². The third kappa shape index (κ3) is 1.22. The van der Waals surface area contributed by atoms with E-state index in [4.69, 9.17) is 5.21 Å². The monoisotopic (exact) mass is 168 g/mol. The quantitative estimate of drug-likeness (QED) is 0.437. The maximum atomic E-state index is 8.67. The predicted octanol–water partition coefficient (Wildman–Crippen LogP) is 1.32. The van der Waals surface area contributed by atoms with Crippen LogP contribution in [0.4, 0.5) is 0 Å². The van der Waals surface area contributed by atoms with Crippen LogP contribution < -0.4 is 0 Å². The summed E-state index contributed by atoms with van der Waals surface area (Å²) in [5.41, 5.74) is 0.991. The van der Waals surface area contributed by atoms with Gasteiger partial charge in [0.15, 0.2) is 0 Å². The molecule has 1 heterocycles. The van der Waals surface area contributed by atoms with E-state index >= 15 is 0 Å². The molecule has 0 amide bonds. The molecule has 0 aromatic rings. The number of fused-ring (bicyclic) bond motifs is 1. The van der Waals surface area contributed by atoms with Crippen LogP contribution in [0.5, 0.6) is 0 Å². The average Bonchev–Trinajstić information content (AvgIpc) is 2.47. The summed E-state index contributed by atoms with van der Waals surface area (Å²) < 4.78 is 0. The van der Waals surface area contributed by atoms with E-state index in [0.717, 1.165) is 24.5 Å². The summed E-state index contributed by atoms with van der Waals surface area (Å²) in [7, 11) is 2.17. The van der Waals surface area contributed by atoms with Crippen molar-refractivity contribution in [3.8, 4) is 0 Å². The van der Waals surface area contributed by atoms with E-state index in [1.54, 1.807) is 0 Å². The maximum Gasteiger partial charge on any atom is 0.0586 e. The minimum atomic E-state index is 0.657. The SMILES string of the molecule is CN1CCC2CC/C(=N/O)C[C@@H]21. The Morgan fingerprint density at radius 3 is 3.08 bits per heavy atom. The van der Waals surface area contributed by atoms with Crippen LogP contribution in [0, 0.1) is 5.92 Å². The van der Waals surface area contributed by atoms with E-state index in [-0.39, 0.29) is 0 Å². The molecule has 2 atom stereocenters. The van der Waals surface area contributed by atoms with Crippen LogP contribution in [0.25, 0.3) is 0 Å². The minimum absolute atomic E-state index is 0.657. The van der Waals surface area contributed by atoms with Crippen LogP contribution in [0.15, 0.2) is 5.16 Å². The molecular weight excluding hydrogens is 152 g/mol. The normalized spacial score (nSPS) is 40.2. The molecule has 68 valence electrons. The summed E-state index contributed by atoms with van der Waals surface area (Å²) in [5.74, 6) is 0.862. The summed E-state index contributed by atoms with van der Waals surface area (Å²) in [5, 5.41) is 12.0. The molecule has 1 saturated heterocycles. The molecule has 2 aliphatic rings. The topological polar surface area (TPSA) is 35.8 Å². The van der Waals surface area contributed by atoms with Crippen molar-refractivity contribution in [1.82, 2.24) is 4.90 Å². The summed E-state index contributed by atoms with van der Waals surface area (Å²) in [6, 6.07) is 0.657. The van der Waals surface area contributed by atoms with Gasteiger partial charge < -0.3 is 10.1 Å². The summed E-state index contributed by atoms with van der Waals surface area (Å²) in [6.07, 6.45) is 4.54. The fourth-order valence-corrected chi connectivity index (χ4v) is 2.53. The number of rotatable bonds is 0. The summed E-state index contributed by atoms with van der Waals surface area (Å²) in [4.78, 5) is 2.40. The zero-order valence-corrected chi connectivity index (χ0v) is 7.53. The van der Waals surface area contributed by atoms with Gasteiger partial charge in [-0.1, -0.05) is 5.16 Å². The highest BCUT2D eigenvalue weighted by atomic mass is 16.4. The van der Waals surface area contributed by atoms with Gasteiger partial charge in [0.05, 0.1) is 5.71 Å². The van der Waals surface area contributed by atoms with E-state index in [2.05, 4.69) is 17.1 Å². The van der Waals surface area contributed by atoms with Crippen molar-refractivity contribution in [3.63, 3.8) is 0 Å². The molecule has 3 nitrogen and oxygen atoms in total. The molecule has 3 heteroatoms. The number of nitrogens with zero attached hydrogens (tertiary/aromatic N) is 2. The lowest BCUT2D eigenvalue weighted by molar-refractivity contribution is 0.251. The lowest BCUT2D eigenvalue weighted by atomic mass is 9.84. The van der Waals surface area contributed by atoms with Crippen molar-refractivity contribution in [2.45, 2.75) is 31.7 Å². The van der Waals surface area contributed by atoms with Crippen LogP contribution in [-0.2, 0) is 0 Å². The maximum absolute atomic E-state index is 8.67. The molecule has 0 bridgehead atoms. The van der Waals surface area contributed by atoms with Gasteiger partial charge in [-0.2, -0.15) is 0 Å². The van der Waals surface area contributed by atoms with Gasteiger partial charge in [0.2, 0.25) is 0 Å². The van der Waals surface area contributed by atoms with Crippen LogP contribution in [0.1, 0.15) is 25.7 Å². The standard InChI is InChI=1S/C9H16N2O/c1-11-5-4-7-2-3-8(10-12)6-9(7)11/h7,9,12H,2-6H2,1H3/b10-8-/t7?,9-/m0/s1. The van der Waals surface area contributed by atoms with Crippen LogP contribution in [0.3, 0.4) is 0 Å². The first kappa shape index (κ1) is 8.05. The Hall–Kier alpha value is -0.570. The molecule has 0 aromatic carbocycles. The van der Waals surface area contributed by atoms with Crippen molar-refractivity contribution in [1.29, 1.82) is 0 Å².